The van der Waals surface area contributed by atoms with Gasteiger partial charge in [0.05, 0.1) is 0 Å². The molecule has 0 unspecified atom stereocenters. The second-order valence-electron chi connectivity index (χ2n) is 5.14. The van der Waals surface area contributed by atoms with Crippen LogP contribution in [0.2, 0.25) is 0 Å². The van der Waals surface area contributed by atoms with Crippen LogP contribution in [-0.4, -0.2) is 4.98 Å². The van der Waals surface area contributed by atoms with E-state index in [2.05, 4.69) is 43.1 Å². The molecule has 0 bridgehead atoms. The fraction of sp³-hybridized carbons (Fsp3) is 0.105. The van der Waals surface area contributed by atoms with Crippen LogP contribution in [-0.2, 0) is 0 Å². The molecule has 0 fully saturated rings. The van der Waals surface area contributed by atoms with Crippen molar-refractivity contribution >= 4 is 0 Å². The van der Waals surface area contributed by atoms with Gasteiger partial charge in [0.2, 0.25) is 0 Å². The largest absolute Gasteiger partial charge is 0.457 e. The molecule has 2 aromatic carbocycles. The SMILES string of the molecule is Cc1ccc(C)c(Oc2cccc(-c3cccnc3)c2)c1. The van der Waals surface area contributed by atoms with E-state index in [1.807, 2.05) is 36.5 Å². The van der Waals surface area contributed by atoms with Crippen LogP contribution in [0.4, 0.5) is 0 Å². The van der Waals surface area contributed by atoms with Crippen molar-refractivity contribution in [1.82, 2.24) is 4.98 Å². The molecule has 0 atom stereocenters. The van der Waals surface area contributed by atoms with E-state index in [-0.39, 0.29) is 0 Å². The third kappa shape index (κ3) is 3.11. The summed E-state index contributed by atoms with van der Waals surface area (Å²) in [5.74, 6) is 1.74. The molecule has 0 spiro atoms. The van der Waals surface area contributed by atoms with Gasteiger partial charge in [0.25, 0.3) is 0 Å². The highest BCUT2D eigenvalue weighted by Gasteiger charge is 2.04. The Balaban J connectivity index is 1.92. The van der Waals surface area contributed by atoms with E-state index in [4.69, 9.17) is 4.74 Å². The van der Waals surface area contributed by atoms with Crippen molar-refractivity contribution in [2.24, 2.45) is 0 Å². The molecule has 21 heavy (non-hydrogen) atoms. The maximum atomic E-state index is 6.03. The highest BCUT2D eigenvalue weighted by atomic mass is 16.5. The highest BCUT2D eigenvalue weighted by Crippen LogP contribution is 2.29. The first-order valence-corrected chi connectivity index (χ1v) is 6.98. The lowest BCUT2D eigenvalue weighted by molar-refractivity contribution is 0.478. The number of ether oxygens (including phenoxy) is 1. The van der Waals surface area contributed by atoms with E-state index in [1.54, 1.807) is 6.20 Å². The molecule has 2 nitrogen and oxygen atoms in total. The van der Waals surface area contributed by atoms with Gasteiger partial charge in [-0.3, -0.25) is 4.98 Å². The average Bonchev–Trinajstić information content (AvgIpc) is 2.52. The number of hydrogen-bond donors (Lipinski definition) is 0. The molecule has 0 aliphatic rings. The predicted molar refractivity (Wildman–Crippen MR) is 85.7 cm³/mol. The van der Waals surface area contributed by atoms with E-state index in [1.165, 1.54) is 5.56 Å². The van der Waals surface area contributed by atoms with Gasteiger partial charge in [-0.15, -0.1) is 0 Å². The van der Waals surface area contributed by atoms with Crippen molar-refractivity contribution in [3.8, 4) is 22.6 Å². The van der Waals surface area contributed by atoms with E-state index in [0.717, 1.165) is 28.2 Å². The fourth-order valence-corrected chi connectivity index (χ4v) is 2.22. The Hall–Kier alpha value is -2.61. The van der Waals surface area contributed by atoms with Gasteiger partial charge in [0, 0.05) is 18.0 Å². The number of benzene rings is 2. The minimum Gasteiger partial charge on any atom is -0.457 e. The molecule has 0 amide bonds. The van der Waals surface area contributed by atoms with Crippen LogP contribution in [0.25, 0.3) is 11.1 Å². The molecule has 1 aromatic heterocycles. The maximum Gasteiger partial charge on any atom is 0.130 e. The summed E-state index contributed by atoms with van der Waals surface area (Å²) in [6, 6.07) is 18.3. The van der Waals surface area contributed by atoms with E-state index in [0.29, 0.717) is 0 Å². The predicted octanol–water partition coefficient (Wildman–Crippen LogP) is 5.16. The highest BCUT2D eigenvalue weighted by molar-refractivity contribution is 5.64. The smallest absolute Gasteiger partial charge is 0.130 e. The Morgan fingerprint density at radius 2 is 1.71 bits per heavy atom. The number of aromatic nitrogens is 1. The Kier molecular flexibility index (Phi) is 3.69. The summed E-state index contributed by atoms with van der Waals surface area (Å²) in [5, 5.41) is 0. The lowest BCUT2D eigenvalue weighted by Gasteiger charge is -2.11. The summed E-state index contributed by atoms with van der Waals surface area (Å²) in [6.07, 6.45) is 3.64. The lowest BCUT2D eigenvalue weighted by Crippen LogP contribution is -1.89. The van der Waals surface area contributed by atoms with Crippen LogP contribution >= 0.6 is 0 Å². The molecule has 3 rings (SSSR count). The summed E-state index contributed by atoms with van der Waals surface area (Å²) >= 11 is 0. The second-order valence-corrected chi connectivity index (χ2v) is 5.14. The normalized spacial score (nSPS) is 10.4. The van der Waals surface area contributed by atoms with Crippen LogP contribution in [0.5, 0.6) is 11.5 Å². The fourth-order valence-electron chi connectivity index (χ4n) is 2.22. The first-order chi connectivity index (χ1) is 10.2. The quantitative estimate of drug-likeness (QED) is 0.659. The molecule has 0 saturated carbocycles. The lowest BCUT2D eigenvalue weighted by atomic mass is 10.1. The van der Waals surface area contributed by atoms with Gasteiger partial charge < -0.3 is 4.74 Å². The summed E-state index contributed by atoms with van der Waals surface area (Å²) in [6.45, 7) is 4.12. The van der Waals surface area contributed by atoms with Crippen LogP contribution in [0, 0.1) is 13.8 Å². The molecule has 1 heterocycles. The van der Waals surface area contributed by atoms with Gasteiger partial charge in [-0.2, -0.15) is 0 Å². The molecule has 0 N–H and O–H groups in total. The van der Waals surface area contributed by atoms with Gasteiger partial charge in [-0.1, -0.05) is 30.3 Å². The number of rotatable bonds is 3. The Bertz CT molecular complexity index is 751. The minimum atomic E-state index is 0.838. The average molecular weight is 275 g/mol. The van der Waals surface area contributed by atoms with Crippen molar-refractivity contribution in [1.29, 1.82) is 0 Å². The third-order valence-corrected chi connectivity index (χ3v) is 3.40. The topological polar surface area (TPSA) is 22.1 Å². The zero-order valence-corrected chi connectivity index (χ0v) is 12.2. The van der Waals surface area contributed by atoms with Gasteiger partial charge >= 0.3 is 0 Å². The molecule has 0 aliphatic carbocycles. The summed E-state index contributed by atoms with van der Waals surface area (Å²) in [4.78, 5) is 4.16. The molecular weight excluding hydrogens is 258 g/mol. The maximum absolute atomic E-state index is 6.03. The number of aryl methyl sites for hydroxylation is 2. The molecule has 0 radical (unpaired) electrons. The van der Waals surface area contributed by atoms with Crippen LogP contribution in [0.3, 0.4) is 0 Å². The standard InChI is InChI=1S/C19H17NO/c1-14-8-9-15(2)19(11-14)21-18-7-3-5-16(12-18)17-6-4-10-20-13-17/h3-13H,1-2H3. The molecule has 0 saturated heterocycles. The molecule has 104 valence electrons. The Labute approximate surface area is 125 Å². The zero-order valence-electron chi connectivity index (χ0n) is 12.2. The summed E-state index contributed by atoms with van der Waals surface area (Å²) in [7, 11) is 0. The Morgan fingerprint density at radius 3 is 2.52 bits per heavy atom. The van der Waals surface area contributed by atoms with Crippen LogP contribution in [0.15, 0.2) is 67.0 Å². The molecule has 3 aromatic rings. The van der Waals surface area contributed by atoms with Crippen LogP contribution in [0.1, 0.15) is 11.1 Å². The van der Waals surface area contributed by atoms with Gasteiger partial charge in [0.15, 0.2) is 0 Å². The number of hydrogen-bond acceptors (Lipinski definition) is 2. The number of nitrogens with zero attached hydrogens (tertiary/aromatic N) is 1. The summed E-state index contributed by atoms with van der Waals surface area (Å²) < 4.78 is 6.03. The Morgan fingerprint density at radius 1 is 0.857 bits per heavy atom. The van der Waals surface area contributed by atoms with Gasteiger partial charge in [0.1, 0.15) is 11.5 Å². The number of pyridine rings is 1. The van der Waals surface area contributed by atoms with E-state index >= 15 is 0 Å². The molecule has 0 aliphatic heterocycles. The van der Waals surface area contributed by atoms with Crippen molar-refractivity contribution in [2.75, 3.05) is 0 Å². The van der Waals surface area contributed by atoms with Crippen molar-refractivity contribution < 1.29 is 4.74 Å². The van der Waals surface area contributed by atoms with Gasteiger partial charge in [-0.05, 0) is 54.8 Å². The minimum absolute atomic E-state index is 0.838. The summed E-state index contributed by atoms with van der Waals surface area (Å²) in [5.41, 5.74) is 4.52. The molecule has 2 heteroatoms. The van der Waals surface area contributed by atoms with E-state index in [9.17, 15) is 0 Å². The van der Waals surface area contributed by atoms with Crippen molar-refractivity contribution in [3.05, 3.63) is 78.1 Å². The second kappa shape index (κ2) is 5.80. The van der Waals surface area contributed by atoms with Crippen molar-refractivity contribution in [2.45, 2.75) is 13.8 Å². The van der Waals surface area contributed by atoms with E-state index < -0.39 is 0 Å². The molecular formula is C19H17NO. The van der Waals surface area contributed by atoms with Gasteiger partial charge in [-0.25, -0.2) is 0 Å². The monoisotopic (exact) mass is 275 g/mol. The first kappa shape index (κ1) is 13.4. The third-order valence-electron chi connectivity index (χ3n) is 3.40. The van der Waals surface area contributed by atoms with Crippen molar-refractivity contribution in [3.63, 3.8) is 0 Å². The first-order valence-electron chi connectivity index (χ1n) is 6.98. The zero-order chi connectivity index (χ0) is 14.7. The van der Waals surface area contributed by atoms with Crippen LogP contribution < -0.4 is 4.74 Å².